The van der Waals surface area contributed by atoms with Crippen molar-refractivity contribution in [2.24, 2.45) is 0 Å². The minimum atomic E-state index is 0.0353. The Morgan fingerprint density at radius 2 is 1.87 bits per heavy atom. The molecule has 0 fully saturated rings. The van der Waals surface area contributed by atoms with E-state index < -0.39 is 0 Å². The molecule has 0 aliphatic heterocycles. The maximum atomic E-state index is 5.98. The van der Waals surface area contributed by atoms with E-state index in [1.54, 1.807) is 18.2 Å². The normalized spacial score (nSPS) is 10.5. The van der Waals surface area contributed by atoms with Crippen LogP contribution in [0, 0.1) is 0 Å². The Morgan fingerprint density at radius 3 is 2.40 bits per heavy atom. The highest BCUT2D eigenvalue weighted by atomic mass is 35.5. The number of anilines is 1. The molecule has 0 radical (unpaired) electrons. The Kier molecular flexibility index (Phi) is 2.79. The molecule has 6 heteroatoms. The molecule has 0 spiro atoms. The first-order chi connectivity index (χ1) is 7.16. The molecule has 0 unspecified atom stereocenters. The minimum Gasteiger partial charge on any atom is -0.408 e. The molecule has 0 saturated heterocycles. The molecule has 78 valence electrons. The van der Waals surface area contributed by atoms with Gasteiger partial charge in [0.1, 0.15) is 0 Å². The fourth-order valence-electron chi connectivity index (χ4n) is 1.19. The van der Waals surface area contributed by atoms with Gasteiger partial charge in [-0.05, 0) is 17.7 Å². The number of rotatable bonds is 2. The van der Waals surface area contributed by atoms with Gasteiger partial charge in [-0.25, -0.2) is 0 Å². The molecule has 0 aliphatic rings. The van der Waals surface area contributed by atoms with Crippen LogP contribution >= 0.6 is 23.2 Å². The Hall–Kier alpha value is -1.26. The van der Waals surface area contributed by atoms with Gasteiger partial charge in [0.2, 0.25) is 5.89 Å². The first-order valence-electron chi connectivity index (χ1n) is 4.17. The highest BCUT2D eigenvalue weighted by Gasteiger charge is 2.10. The predicted octanol–water partition coefficient (Wildman–Crippen LogP) is 2.55. The molecule has 1 heterocycles. The van der Waals surface area contributed by atoms with Gasteiger partial charge >= 0.3 is 6.01 Å². The third kappa shape index (κ3) is 2.22. The summed E-state index contributed by atoms with van der Waals surface area (Å²) in [5.74, 6) is 0.391. The van der Waals surface area contributed by atoms with Gasteiger partial charge in [0, 0.05) is 10.0 Å². The largest absolute Gasteiger partial charge is 0.408 e. The lowest BCUT2D eigenvalue weighted by atomic mass is 10.1. The van der Waals surface area contributed by atoms with Gasteiger partial charge in [0.15, 0.2) is 0 Å². The highest BCUT2D eigenvalue weighted by Crippen LogP contribution is 2.26. The number of benzene rings is 1. The average molecular weight is 244 g/mol. The molecule has 0 saturated carbocycles. The third-order valence-corrected chi connectivity index (χ3v) is 2.58. The average Bonchev–Trinajstić information content (AvgIpc) is 2.58. The van der Waals surface area contributed by atoms with Crippen molar-refractivity contribution in [1.29, 1.82) is 0 Å². The van der Waals surface area contributed by atoms with Crippen LogP contribution in [-0.2, 0) is 6.42 Å². The van der Waals surface area contributed by atoms with E-state index in [-0.39, 0.29) is 6.01 Å². The molecular formula is C9H7Cl2N3O. The van der Waals surface area contributed by atoms with Crippen LogP contribution in [0.1, 0.15) is 11.5 Å². The fourth-order valence-corrected chi connectivity index (χ4v) is 1.72. The summed E-state index contributed by atoms with van der Waals surface area (Å²) < 4.78 is 5.04. The monoisotopic (exact) mass is 243 g/mol. The zero-order chi connectivity index (χ0) is 10.8. The summed E-state index contributed by atoms with van der Waals surface area (Å²) in [6.07, 6.45) is 0.378. The second kappa shape index (κ2) is 4.08. The van der Waals surface area contributed by atoms with E-state index >= 15 is 0 Å². The van der Waals surface area contributed by atoms with Crippen LogP contribution in [-0.4, -0.2) is 10.2 Å². The van der Waals surface area contributed by atoms with Crippen molar-refractivity contribution >= 4 is 29.2 Å². The van der Waals surface area contributed by atoms with E-state index in [1.165, 1.54) is 0 Å². The van der Waals surface area contributed by atoms with Gasteiger partial charge in [-0.2, -0.15) is 0 Å². The van der Waals surface area contributed by atoms with E-state index in [1.807, 2.05) is 0 Å². The van der Waals surface area contributed by atoms with E-state index in [4.69, 9.17) is 33.4 Å². The number of halogens is 2. The highest BCUT2D eigenvalue weighted by molar-refractivity contribution is 6.36. The van der Waals surface area contributed by atoms with Crippen LogP contribution in [0.5, 0.6) is 0 Å². The van der Waals surface area contributed by atoms with Crippen molar-refractivity contribution in [1.82, 2.24) is 10.2 Å². The molecule has 0 bridgehead atoms. The van der Waals surface area contributed by atoms with Crippen LogP contribution in [0.25, 0.3) is 0 Å². The smallest absolute Gasteiger partial charge is 0.312 e. The summed E-state index contributed by atoms with van der Waals surface area (Å²) in [7, 11) is 0. The molecule has 2 rings (SSSR count). The van der Waals surface area contributed by atoms with Crippen LogP contribution in [0.2, 0.25) is 10.0 Å². The van der Waals surface area contributed by atoms with Crippen molar-refractivity contribution in [3.05, 3.63) is 39.7 Å². The van der Waals surface area contributed by atoms with Crippen molar-refractivity contribution in [3.63, 3.8) is 0 Å². The molecule has 2 N–H and O–H groups in total. The summed E-state index contributed by atoms with van der Waals surface area (Å²) in [4.78, 5) is 0. The van der Waals surface area contributed by atoms with Crippen molar-refractivity contribution in [2.45, 2.75) is 6.42 Å². The molecule has 0 atom stereocenters. The summed E-state index contributed by atoms with van der Waals surface area (Å²) in [5.41, 5.74) is 6.06. The molecule has 0 aliphatic carbocycles. The summed E-state index contributed by atoms with van der Waals surface area (Å²) in [5, 5.41) is 8.42. The molecule has 0 amide bonds. The van der Waals surface area contributed by atoms with Gasteiger partial charge in [0.25, 0.3) is 0 Å². The number of nitrogens with zero attached hydrogens (tertiary/aromatic N) is 2. The first-order valence-corrected chi connectivity index (χ1v) is 4.93. The zero-order valence-corrected chi connectivity index (χ0v) is 9.09. The number of hydrogen-bond acceptors (Lipinski definition) is 4. The summed E-state index contributed by atoms with van der Waals surface area (Å²) in [6.45, 7) is 0. The maximum absolute atomic E-state index is 5.98. The molecule has 1 aromatic carbocycles. The lowest BCUT2D eigenvalue weighted by Crippen LogP contribution is -1.91. The third-order valence-electron chi connectivity index (χ3n) is 1.87. The Balaban J connectivity index is 2.31. The van der Waals surface area contributed by atoms with E-state index in [9.17, 15) is 0 Å². The van der Waals surface area contributed by atoms with Gasteiger partial charge in [-0.3, -0.25) is 0 Å². The minimum absolute atomic E-state index is 0.0353. The molecule has 4 nitrogen and oxygen atoms in total. The molecule has 2 aromatic rings. The van der Waals surface area contributed by atoms with Gasteiger partial charge in [0.05, 0.1) is 6.42 Å². The standard InChI is InChI=1S/C9H7Cl2N3O/c10-6-2-1-3-7(11)5(6)4-8-13-14-9(12)15-8/h1-3H,4H2,(H2,12,14). The van der Waals surface area contributed by atoms with Crippen LogP contribution in [0.3, 0.4) is 0 Å². The Labute approximate surface area is 96.0 Å². The first kappa shape index (κ1) is 10.3. The van der Waals surface area contributed by atoms with Gasteiger partial charge < -0.3 is 10.2 Å². The molecular weight excluding hydrogens is 237 g/mol. The van der Waals surface area contributed by atoms with Crippen LogP contribution < -0.4 is 5.73 Å². The quantitative estimate of drug-likeness (QED) is 0.881. The van der Waals surface area contributed by atoms with E-state index in [0.717, 1.165) is 5.56 Å². The van der Waals surface area contributed by atoms with E-state index in [2.05, 4.69) is 10.2 Å². The SMILES string of the molecule is Nc1nnc(Cc2c(Cl)cccc2Cl)o1. The van der Waals surface area contributed by atoms with Crippen molar-refractivity contribution in [3.8, 4) is 0 Å². The Morgan fingerprint density at radius 1 is 1.20 bits per heavy atom. The lowest BCUT2D eigenvalue weighted by molar-refractivity contribution is 0.522. The second-order valence-electron chi connectivity index (χ2n) is 2.91. The summed E-state index contributed by atoms with van der Waals surface area (Å²) >= 11 is 12.0. The second-order valence-corrected chi connectivity index (χ2v) is 3.73. The van der Waals surface area contributed by atoms with Crippen LogP contribution in [0.4, 0.5) is 6.01 Å². The molecule has 15 heavy (non-hydrogen) atoms. The lowest BCUT2D eigenvalue weighted by Gasteiger charge is -2.02. The number of hydrogen-bond donors (Lipinski definition) is 1. The predicted molar refractivity (Wildman–Crippen MR) is 58.0 cm³/mol. The van der Waals surface area contributed by atoms with Crippen molar-refractivity contribution in [2.75, 3.05) is 5.73 Å². The topological polar surface area (TPSA) is 64.9 Å². The zero-order valence-electron chi connectivity index (χ0n) is 7.58. The molecule has 1 aromatic heterocycles. The Bertz CT molecular complexity index is 464. The van der Waals surface area contributed by atoms with Gasteiger partial charge in [-0.15, -0.1) is 5.10 Å². The van der Waals surface area contributed by atoms with Gasteiger partial charge in [-0.1, -0.05) is 34.4 Å². The van der Waals surface area contributed by atoms with Crippen LogP contribution in [0.15, 0.2) is 22.6 Å². The fraction of sp³-hybridized carbons (Fsp3) is 0.111. The maximum Gasteiger partial charge on any atom is 0.312 e. The number of nitrogens with two attached hydrogens (primary N) is 1. The van der Waals surface area contributed by atoms with E-state index in [0.29, 0.717) is 22.4 Å². The van der Waals surface area contributed by atoms with Crippen molar-refractivity contribution < 1.29 is 4.42 Å². The summed E-state index contributed by atoms with van der Waals surface area (Å²) in [6, 6.07) is 5.31. The number of aromatic nitrogens is 2. The number of nitrogen functional groups attached to an aromatic ring is 1.